The molecule has 0 aromatic heterocycles. The third kappa shape index (κ3) is 3.06. The van der Waals surface area contributed by atoms with Crippen molar-refractivity contribution in [3.05, 3.63) is 29.3 Å². The fourth-order valence-corrected chi connectivity index (χ4v) is 3.76. The average Bonchev–Trinajstić information content (AvgIpc) is 3.09. The Labute approximate surface area is 128 Å². The summed E-state index contributed by atoms with van der Waals surface area (Å²) in [5.74, 6) is 1.51. The van der Waals surface area contributed by atoms with Crippen LogP contribution in [0.1, 0.15) is 44.2 Å². The van der Waals surface area contributed by atoms with Gasteiger partial charge in [-0.25, -0.2) is 0 Å². The van der Waals surface area contributed by atoms with E-state index in [9.17, 15) is 5.26 Å². The molecule has 2 fully saturated rings. The van der Waals surface area contributed by atoms with Crippen LogP contribution in [0.4, 0.5) is 5.69 Å². The van der Waals surface area contributed by atoms with Crippen LogP contribution in [0.25, 0.3) is 0 Å². The van der Waals surface area contributed by atoms with Crippen LogP contribution in [0, 0.1) is 23.2 Å². The second-order valence-electron chi connectivity index (χ2n) is 6.97. The Morgan fingerprint density at radius 2 is 2.24 bits per heavy atom. The van der Waals surface area contributed by atoms with Gasteiger partial charge in [-0.2, -0.15) is 5.26 Å². The number of nitrogens with one attached hydrogen (secondary N) is 1. The van der Waals surface area contributed by atoms with E-state index in [0.717, 1.165) is 36.8 Å². The van der Waals surface area contributed by atoms with Gasteiger partial charge in [0.2, 0.25) is 0 Å². The van der Waals surface area contributed by atoms with E-state index in [1.807, 2.05) is 0 Å². The van der Waals surface area contributed by atoms with Gasteiger partial charge in [-0.05, 0) is 55.3 Å². The lowest BCUT2D eigenvalue weighted by atomic mass is 10.0. The average molecular weight is 283 g/mol. The molecule has 21 heavy (non-hydrogen) atoms. The highest BCUT2D eigenvalue weighted by Gasteiger charge is 2.38. The number of hydrogen-bond acceptors (Lipinski definition) is 3. The van der Waals surface area contributed by atoms with Gasteiger partial charge in [0.05, 0.1) is 11.3 Å². The third-order valence-corrected chi connectivity index (χ3v) is 4.78. The molecule has 3 rings (SSSR count). The van der Waals surface area contributed by atoms with Crippen molar-refractivity contribution in [3.8, 4) is 6.07 Å². The highest BCUT2D eigenvalue weighted by Crippen LogP contribution is 2.41. The van der Waals surface area contributed by atoms with Gasteiger partial charge in [0.15, 0.2) is 0 Å². The lowest BCUT2D eigenvalue weighted by molar-refractivity contribution is 0.550. The van der Waals surface area contributed by atoms with E-state index in [1.54, 1.807) is 0 Å². The highest BCUT2D eigenvalue weighted by atomic mass is 15.2. The smallest absolute Gasteiger partial charge is 0.101 e. The van der Waals surface area contributed by atoms with E-state index in [4.69, 9.17) is 0 Å². The van der Waals surface area contributed by atoms with Gasteiger partial charge in [-0.1, -0.05) is 19.9 Å². The number of anilines is 1. The summed E-state index contributed by atoms with van der Waals surface area (Å²) in [4.78, 5) is 2.47. The minimum Gasteiger partial charge on any atom is -0.367 e. The molecule has 1 saturated heterocycles. The molecule has 1 aliphatic carbocycles. The van der Waals surface area contributed by atoms with Gasteiger partial charge in [0.1, 0.15) is 6.07 Å². The van der Waals surface area contributed by atoms with Gasteiger partial charge in [-0.15, -0.1) is 0 Å². The molecule has 2 unspecified atom stereocenters. The van der Waals surface area contributed by atoms with Crippen LogP contribution in [0.3, 0.4) is 0 Å². The zero-order chi connectivity index (χ0) is 14.8. The van der Waals surface area contributed by atoms with Gasteiger partial charge in [0.25, 0.3) is 0 Å². The normalized spacial score (nSPS) is 23.8. The summed E-state index contributed by atoms with van der Waals surface area (Å²) in [6.07, 6.45) is 4.00. The predicted octanol–water partition coefficient (Wildman–Crippen LogP) is 3.29. The van der Waals surface area contributed by atoms with Gasteiger partial charge >= 0.3 is 0 Å². The van der Waals surface area contributed by atoms with E-state index < -0.39 is 0 Å². The van der Waals surface area contributed by atoms with Crippen LogP contribution in [-0.2, 0) is 6.54 Å². The van der Waals surface area contributed by atoms with E-state index in [1.165, 1.54) is 24.8 Å². The molecule has 0 spiro atoms. The summed E-state index contributed by atoms with van der Waals surface area (Å²) in [6.45, 7) is 7.42. The number of rotatable bonds is 5. The summed E-state index contributed by atoms with van der Waals surface area (Å²) in [6, 6.07) is 9.47. The van der Waals surface area contributed by atoms with Crippen molar-refractivity contribution in [1.82, 2.24) is 5.32 Å². The number of nitriles is 1. The standard InChI is InChI=1S/C18H25N3/c1-13(2)10-20-11-14-4-6-18(16(7-14)9-19)21-12-15-3-5-17(21)8-15/h4,6-7,13,15,17,20H,3,5,8,10-12H2,1-2H3. The lowest BCUT2D eigenvalue weighted by Crippen LogP contribution is -2.32. The first-order valence-electron chi connectivity index (χ1n) is 8.17. The Morgan fingerprint density at radius 3 is 2.86 bits per heavy atom. The van der Waals surface area contributed by atoms with Gasteiger partial charge in [-0.3, -0.25) is 0 Å². The van der Waals surface area contributed by atoms with E-state index in [0.29, 0.717) is 12.0 Å². The summed E-state index contributed by atoms with van der Waals surface area (Å²) >= 11 is 0. The van der Waals surface area contributed by atoms with Crippen LogP contribution >= 0.6 is 0 Å². The molecule has 3 heteroatoms. The van der Waals surface area contributed by atoms with Crippen LogP contribution in [0.2, 0.25) is 0 Å². The largest absolute Gasteiger partial charge is 0.367 e. The van der Waals surface area contributed by atoms with Gasteiger partial charge in [0, 0.05) is 19.1 Å². The summed E-state index contributed by atoms with van der Waals surface area (Å²) in [5, 5.41) is 12.9. The minimum atomic E-state index is 0.653. The maximum Gasteiger partial charge on any atom is 0.101 e. The molecule has 1 aliphatic heterocycles. The van der Waals surface area contributed by atoms with Crippen LogP contribution in [0.15, 0.2) is 18.2 Å². The first kappa shape index (κ1) is 14.4. The Balaban J connectivity index is 1.72. The molecule has 1 heterocycles. The molecule has 1 aromatic rings. The van der Waals surface area contributed by atoms with Crippen molar-refractivity contribution in [2.24, 2.45) is 11.8 Å². The number of fused-ring (bicyclic) bond motifs is 2. The molecule has 1 aromatic carbocycles. The molecular formula is C18H25N3. The van der Waals surface area contributed by atoms with Crippen molar-refractivity contribution in [2.75, 3.05) is 18.0 Å². The zero-order valence-corrected chi connectivity index (χ0v) is 13.1. The number of nitrogens with zero attached hydrogens (tertiary/aromatic N) is 2. The number of piperidine rings is 1. The van der Waals surface area contributed by atoms with E-state index in [2.05, 4.69) is 48.3 Å². The quantitative estimate of drug-likeness (QED) is 0.901. The summed E-state index contributed by atoms with van der Waals surface area (Å²) in [5.41, 5.74) is 3.20. The molecule has 0 amide bonds. The molecular weight excluding hydrogens is 258 g/mol. The van der Waals surface area contributed by atoms with Crippen LogP contribution in [0.5, 0.6) is 0 Å². The first-order valence-corrected chi connectivity index (χ1v) is 8.17. The number of benzene rings is 1. The van der Waals surface area contributed by atoms with Gasteiger partial charge < -0.3 is 10.2 Å². The Morgan fingerprint density at radius 1 is 1.38 bits per heavy atom. The van der Waals surface area contributed by atoms with Crippen molar-refractivity contribution in [1.29, 1.82) is 5.26 Å². The molecule has 1 N–H and O–H groups in total. The second kappa shape index (κ2) is 6.07. The molecule has 2 bridgehead atoms. The Kier molecular flexibility index (Phi) is 4.17. The molecule has 0 radical (unpaired) electrons. The van der Waals surface area contributed by atoms with Crippen molar-refractivity contribution in [3.63, 3.8) is 0 Å². The maximum atomic E-state index is 9.49. The number of hydrogen-bond donors (Lipinski definition) is 1. The lowest BCUT2D eigenvalue weighted by Gasteiger charge is -2.30. The SMILES string of the molecule is CC(C)CNCc1ccc(N2CC3CCC2C3)c(C#N)c1. The predicted molar refractivity (Wildman–Crippen MR) is 86.2 cm³/mol. The fraction of sp³-hybridized carbons (Fsp3) is 0.611. The fourth-order valence-electron chi connectivity index (χ4n) is 3.76. The molecule has 2 atom stereocenters. The zero-order valence-electron chi connectivity index (χ0n) is 13.1. The molecule has 1 saturated carbocycles. The van der Waals surface area contributed by atoms with Crippen molar-refractivity contribution in [2.45, 2.75) is 45.7 Å². The minimum absolute atomic E-state index is 0.653. The maximum absolute atomic E-state index is 9.49. The van der Waals surface area contributed by atoms with Crippen molar-refractivity contribution >= 4 is 5.69 Å². The topological polar surface area (TPSA) is 39.1 Å². The molecule has 2 aliphatic rings. The summed E-state index contributed by atoms with van der Waals surface area (Å²) < 4.78 is 0. The first-order chi connectivity index (χ1) is 10.2. The summed E-state index contributed by atoms with van der Waals surface area (Å²) in [7, 11) is 0. The van der Waals surface area contributed by atoms with E-state index >= 15 is 0 Å². The third-order valence-electron chi connectivity index (χ3n) is 4.78. The van der Waals surface area contributed by atoms with Crippen molar-refractivity contribution < 1.29 is 0 Å². The molecule has 3 nitrogen and oxygen atoms in total. The molecule has 112 valence electrons. The monoisotopic (exact) mass is 283 g/mol. The highest BCUT2D eigenvalue weighted by molar-refractivity contribution is 5.62. The Bertz CT molecular complexity index is 544. The second-order valence-corrected chi connectivity index (χ2v) is 6.97. The van der Waals surface area contributed by atoms with E-state index in [-0.39, 0.29) is 0 Å². The van der Waals surface area contributed by atoms with Crippen LogP contribution < -0.4 is 10.2 Å². The Hall–Kier alpha value is -1.53. The van der Waals surface area contributed by atoms with Crippen LogP contribution in [-0.4, -0.2) is 19.1 Å².